The monoisotopic (exact) mass is 248 g/mol. The predicted octanol–water partition coefficient (Wildman–Crippen LogP) is 0.893. The molecule has 96 valence electrons. The Kier molecular flexibility index (Phi) is 3.37. The molecule has 0 aromatic rings. The third-order valence-electron chi connectivity index (χ3n) is 3.73. The van der Waals surface area contributed by atoms with E-state index in [0.717, 1.165) is 30.6 Å². The van der Waals surface area contributed by atoms with Crippen molar-refractivity contribution in [3.8, 4) is 12.3 Å². The lowest BCUT2D eigenvalue weighted by Crippen LogP contribution is -2.61. The fourth-order valence-electron chi connectivity index (χ4n) is 2.75. The Bertz CT molecular complexity index is 432. The van der Waals surface area contributed by atoms with Gasteiger partial charge in [-0.3, -0.25) is 14.9 Å². The van der Waals surface area contributed by atoms with E-state index in [2.05, 4.69) is 11.2 Å². The summed E-state index contributed by atoms with van der Waals surface area (Å²) in [6.07, 6.45) is 9.02. The van der Waals surface area contributed by atoms with Crippen molar-refractivity contribution in [2.24, 2.45) is 11.8 Å². The highest BCUT2D eigenvalue weighted by molar-refractivity contribution is 6.16. The number of imide groups is 2. The largest absolute Gasteiger partial charge is 0.331 e. The number of urea groups is 1. The summed E-state index contributed by atoms with van der Waals surface area (Å²) in [6, 6.07) is -1.33. The van der Waals surface area contributed by atoms with E-state index in [0.29, 0.717) is 0 Å². The smallest absolute Gasteiger partial charge is 0.277 e. The molecule has 1 aliphatic heterocycles. The van der Waals surface area contributed by atoms with Gasteiger partial charge in [-0.15, -0.1) is 6.42 Å². The van der Waals surface area contributed by atoms with Gasteiger partial charge in [-0.2, -0.15) is 0 Å². The first-order valence-electron chi connectivity index (χ1n) is 6.20. The van der Waals surface area contributed by atoms with Gasteiger partial charge in [0.2, 0.25) is 11.8 Å². The van der Waals surface area contributed by atoms with E-state index in [4.69, 9.17) is 6.42 Å². The maximum Gasteiger partial charge on any atom is 0.331 e. The number of carbonyl (C=O) groups is 3. The molecule has 5 nitrogen and oxygen atoms in total. The van der Waals surface area contributed by atoms with Gasteiger partial charge in [0.25, 0.3) is 0 Å². The molecule has 5 heteroatoms. The molecule has 0 aromatic heterocycles. The van der Waals surface area contributed by atoms with Crippen LogP contribution in [0, 0.1) is 24.2 Å². The van der Waals surface area contributed by atoms with Crippen molar-refractivity contribution in [2.45, 2.75) is 38.6 Å². The summed E-state index contributed by atoms with van der Waals surface area (Å²) in [5, 5.41) is 2.23. The van der Waals surface area contributed by atoms with Crippen LogP contribution in [0.3, 0.4) is 0 Å². The van der Waals surface area contributed by atoms with E-state index < -0.39 is 29.8 Å². The molecule has 0 aromatic carbocycles. The lowest BCUT2D eigenvalue weighted by atomic mass is 9.87. The average Bonchev–Trinajstić information content (AvgIpc) is 2.81. The zero-order chi connectivity index (χ0) is 13.3. The van der Waals surface area contributed by atoms with E-state index in [1.54, 1.807) is 6.92 Å². The van der Waals surface area contributed by atoms with Crippen LogP contribution in [-0.4, -0.2) is 28.8 Å². The van der Waals surface area contributed by atoms with Crippen LogP contribution in [0.25, 0.3) is 0 Å². The van der Waals surface area contributed by atoms with Crippen molar-refractivity contribution in [1.29, 1.82) is 0 Å². The van der Waals surface area contributed by atoms with Gasteiger partial charge in [0.15, 0.2) is 0 Å². The average molecular weight is 248 g/mol. The molecule has 0 radical (unpaired) electrons. The summed E-state index contributed by atoms with van der Waals surface area (Å²) in [4.78, 5) is 36.8. The van der Waals surface area contributed by atoms with E-state index in [-0.39, 0.29) is 5.92 Å². The van der Waals surface area contributed by atoms with E-state index in [1.807, 2.05) is 0 Å². The van der Waals surface area contributed by atoms with E-state index in [9.17, 15) is 14.4 Å². The van der Waals surface area contributed by atoms with Crippen molar-refractivity contribution < 1.29 is 14.4 Å². The second-order valence-corrected chi connectivity index (χ2v) is 4.87. The first-order valence-corrected chi connectivity index (χ1v) is 6.20. The molecule has 0 spiro atoms. The minimum Gasteiger partial charge on any atom is -0.277 e. The Labute approximate surface area is 106 Å². The van der Waals surface area contributed by atoms with Crippen molar-refractivity contribution in [1.82, 2.24) is 10.2 Å². The molecule has 4 amide bonds. The van der Waals surface area contributed by atoms with Crippen LogP contribution in [0.1, 0.15) is 32.6 Å². The highest BCUT2D eigenvalue weighted by Crippen LogP contribution is 2.34. The van der Waals surface area contributed by atoms with Crippen LogP contribution in [0.4, 0.5) is 4.79 Å². The zero-order valence-corrected chi connectivity index (χ0v) is 10.3. The van der Waals surface area contributed by atoms with E-state index in [1.165, 1.54) is 0 Å². The molecule has 0 bridgehead atoms. The summed E-state index contributed by atoms with van der Waals surface area (Å²) >= 11 is 0. The molecule has 2 fully saturated rings. The lowest BCUT2D eigenvalue weighted by Gasteiger charge is -2.34. The van der Waals surface area contributed by atoms with Crippen LogP contribution in [0.2, 0.25) is 0 Å². The Morgan fingerprint density at radius 2 is 1.94 bits per heavy atom. The van der Waals surface area contributed by atoms with Gasteiger partial charge in [0.05, 0.1) is 6.04 Å². The van der Waals surface area contributed by atoms with Crippen LogP contribution in [0.5, 0.6) is 0 Å². The van der Waals surface area contributed by atoms with Crippen molar-refractivity contribution in [3.05, 3.63) is 0 Å². The predicted molar refractivity (Wildman–Crippen MR) is 64.1 cm³/mol. The minimum atomic E-state index is -0.749. The van der Waals surface area contributed by atoms with Gasteiger partial charge >= 0.3 is 6.03 Å². The molecule has 18 heavy (non-hydrogen) atoms. The van der Waals surface area contributed by atoms with Crippen LogP contribution >= 0.6 is 0 Å². The molecule has 2 aliphatic rings. The fraction of sp³-hybridized carbons (Fsp3) is 0.615. The molecule has 2 atom stereocenters. The number of amides is 4. The number of carbonyl (C=O) groups excluding carboxylic acids is 3. The lowest BCUT2D eigenvalue weighted by molar-refractivity contribution is -0.145. The van der Waals surface area contributed by atoms with Crippen LogP contribution in [0.15, 0.2) is 0 Å². The van der Waals surface area contributed by atoms with Gasteiger partial charge in [0.1, 0.15) is 5.92 Å². The van der Waals surface area contributed by atoms with E-state index >= 15 is 0 Å². The molecule has 2 unspecified atom stereocenters. The first-order chi connectivity index (χ1) is 8.56. The van der Waals surface area contributed by atoms with Gasteiger partial charge in [-0.05, 0) is 25.7 Å². The number of nitrogens with one attached hydrogen (secondary N) is 1. The van der Waals surface area contributed by atoms with Crippen molar-refractivity contribution >= 4 is 17.8 Å². The summed E-state index contributed by atoms with van der Waals surface area (Å²) in [5.41, 5.74) is 0. The van der Waals surface area contributed by atoms with Gasteiger partial charge in [0, 0.05) is 0 Å². The topological polar surface area (TPSA) is 66.5 Å². The SMILES string of the molecule is C#CC(C)N1C(=O)NC(=O)C(C2CCCC2)C1=O. The molecule has 1 N–H and O–H groups in total. The summed E-state index contributed by atoms with van der Waals surface area (Å²) in [7, 11) is 0. The molecule has 1 saturated heterocycles. The number of hydrogen-bond donors (Lipinski definition) is 1. The molecule has 2 rings (SSSR count). The summed E-state index contributed by atoms with van der Waals surface area (Å²) in [6.45, 7) is 1.60. The number of barbiturate groups is 1. The van der Waals surface area contributed by atoms with Gasteiger partial charge in [-0.1, -0.05) is 18.8 Å². The molecular formula is C13H16N2O3. The number of hydrogen-bond acceptors (Lipinski definition) is 3. The minimum absolute atomic E-state index is 0.0399. The highest BCUT2D eigenvalue weighted by Gasteiger charge is 2.46. The molecular weight excluding hydrogens is 232 g/mol. The van der Waals surface area contributed by atoms with Crippen LogP contribution < -0.4 is 5.32 Å². The summed E-state index contributed by atoms with van der Waals surface area (Å²) < 4.78 is 0. The number of nitrogens with zero attached hydrogens (tertiary/aromatic N) is 1. The van der Waals surface area contributed by atoms with Crippen molar-refractivity contribution in [3.63, 3.8) is 0 Å². The third kappa shape index (κ3) is 1.99. The Morgan fingerprint density at radius 1 is 1.33 bits per heavy atom. The standard InChI is InChI=1S/C13H16N2O3/c1-3-8(2)15-12(17)10(9-6-4-5-7-9)11(16)14-13(15)18/h1,8-10H,4-7H2,2H3,(H,14,16,18). The molecule has 1 saturated carbocycles. The second kappa shape index (κ2) is 4.81. The van der Waals surface area contributed by atoms with Crippen LogP contribution in [-0.2, 0) is 9.59 Å². The Morgan fingerprint density at radius 3 is 2.50 bits per heavy atom. The summed E-state index contributed by atoms with van der Waals surface area (Å²) in [5.74, 6) is 0.727. The normalized spacial score (nSPS) is 27.0. The maximum absolute atomic E-state index is 12.3. The quantitative estimate of drug-likeness (QED) is 0.583. The number of rotatable bonds is 2. The Balaban J connectivity index is 2.25. The zero-order valence-electron chi connectivity index (χ0n) is 10.3. The third-order valence-corrected chi connectivity index (χ3v) is 3.73. The van der Waals surface area contributed by atoms with Gasteiger partial charge < -0.3 is 0 Å². The molecule has 1 aliphatic carbocycles. The second-order valence-electron chi connectivity index (χ2n) is 4.87. The molecule has 1 heterocycles. The van der Waals surface area contributed by atoms with Gasteiger partial charge in [-0.25, -0.2) is 9.69 Å². The Hall–Kier alpha value is -1.83. The number of terminal acetylenes is 1. The maximum atomic E-state index is 12.3. The van der Waals surface area contributed by atoms with Crippen molar-refractivity contribution in [2.75, 3.05) is 0 Å². The fourth-order valence-corrected chi connectivity index (χ4v) is 2.75. The highest BCUT2D eigenvalue weighted by atomic mass is 16.2. The first kappa shape index (κ1) is 12.6.